The molecular formula is C5H10FNO. The van der Waals surface area contributed by atoms with Crippen molar-refractivity contribution in [2.75, 3.05) is 26.7 Å². The lowest BCUT2D eigenvalue weighted by Crippen LogP contribution is -2.37. The van der Waals surface area contributed by atoms with Crippen molar-refractivity contribution in [3.8, 4) is 0 Å². The van der Waals surface area contributed by atoms with Gasteiger partial charge in [0.15, 0.2) is 0 Å². The zero-order chi connectivity index (χ0) is 5.98. The number of halogens is 1. The zero-order valence-corrected chi connectivity index (χ0v) is 4.93. The molecule has 0 N–H and O–H groups in total. The second kappa shape index (κ2) is 2.42. The monoisotopic (exact) mass is 119 g/mol. The van der Waals surface area contributed by atoms with E-state index in [9.17, 15) is 4.39 Å². The van der Waals surface area contributed by atoms with E-state index in [1.807, 2.05) is 11.9 Å². The van der Waals surface area contributed by atoms with E-state index in [1.54, 1.807) is 0 Å². The molecule has 1 saturated heterocycles. The van der Waals surface area contributed by atoms with Crippen molar-refractivity contribution in [2.45, 2.75) is 6.36 Å². The van der Waals surface area contributed by atoms with Crippen molar-refractivity contribution in [1.82, 2.24) is 4.90 Å². The van der Waals surface area contributed by atoms with Crippen LogP contribution in [0.15, 0.2) is 0 Å². The van der Waals surface area contributed by atoms with Crippen LogP contribution in [-0.4, -0.2) is 38.0 Å². The van der Waals surface area contributed by atoms with Crippen LogP contribution in [0.3, 0.4) is 0 Å². The lowest BCUT2D eigenvalue weighted by Gasteiger charge is -2.24. The van der Waals surface area contributed by atoms with Crippen LogP contribution in [-0.2, 0) is 4.74 Å². The van der Waals surface area contributed by atoms with Crippen LogP contribution in [0, 0.1) is 0 Å². The van der Waals surface area contributed by atoms with Gasteiger partial charge < -0.3 is 4.74 Å². The van der Waals surface area contributed by atoms with Gasteiger partial charge in [-0.05, 0) is 7.05 Å². The number of hydrogen-bond acceptors (Lipinski definition) is 2. The molecule has 0 aromatic rings. The van der Waals surface area contributed by atoms with E-state index < -0.39 is 6.36 Å². The molecule has 0 aromatic heterocycles. The average Bonchev–Trinajstić information content (AvgIpc) is 1.64. The molecule has 0 aliphatic carbocycles. The number of rotatable bonds is 0. The van der Waals surface area contributed by atoms with Crippen LogP contribution in [0.5, 0.6) is 0 Å². The molecule has 0 bridgehead atoms. The van der Waals surface area contributed by atoms with Crippen molar-refractivity contribution in [1.29, 1.82) is 0 Å². The Labute approximate surface area is 48.2 Å². The zero-order valence-electron chi connectivity index (χ0n) is 4.93. The molecule has 0 amide bonds. The first-order valence-electron chi connectivity index (χ1n) is 2.73. The fourth-order valence-corrected chi connectivity index (χ4v) is 0.725. The van der Waals surface area contributed by atoms with Crippen LogP contribution in [0.1, 0.15) is 0 Å². The first-order valence-corrected chi connectivity index (χ1v) is 2.73. The summed E-state index contributed by atoms with van der Waals surface area (Å²) < 4.78 is 16.8. The molecular weight excluding hydrogens is 109 g/mol. The minimum atomic E-state index is -1.06. The van der Waals surface area contributed by atoms with Crippen molar-refractivity contribution in [2.24, 2.45) is 0 Å². The molecule has 1 heterocycles. The van der Waals surface area contributed by atoms with Crippen molar-refractivity contribution in [3.63, 3.8) is 0 Å². The number of alkyl halides is 1. The molecule has 1 atom stereocenters. The summed E-state index contributed by atoms with van der Waals surface area (Å²) in [6.07, 6.45) is -1.06. The van der Waals surface area contributed by atoms with Gasteiger partial charge in [-0.15, -0.1) is 0 Å². The maximum atomic E-state index is 12.2. The highest BCUT2D eigenvalue weighted by Crippen LogP contribution is 2.01. The van der Waals surface area contributed by atoms with Gasteiger partial charge in [0.05, 0.1) is 13.2 Å². The highest BCUT2D eigenvalue weighted by molar-refractivity contribution is 4.58. The molecule has 8 heavy (non-hydrogen) atoms. The van der Waals surface area contributed by atoms with Crippen molar-refractivity contribution >= 4 is 0 Å². The molecule has 1 aliphatic rings. The Morgan fingerprint density at radius 1 is 1.75 bits per heavy atom. The fraction of sp³-hybridized carbons (Fsp3) is 1.00. The third-order valence-corrected chi connectivity index (χ3v) is 1.23. The molecule has 2 nitrogen and oxygen atoms in total. The second-order valence-electron chi connectivity index (χ2n) is 2.04. The van der Waals surface area contributed by atoms with E-state index in [1.165, 1.54) is 0 Å². The van der Waals surface area contributed by atoms with Gasteiger partial charge in [-0.1, -0.05) is 0 Å². The van der Waals surface area contributed by atoms with Gasteiger partial charge >= 0.3 is 0 Å². The van der Waals surface area contributed by atoms with E-state index in [2.05, 4.69) is 4.74 Å². The van der Waals surface area contributed by atoms with E-state index in [0.717, 1.165) is 6.54 Å². The highest BCUT2D eigenvalue weighted by atomic mass is 19.1. The summed E-state index contributed by atoms with van der Waals surface area (Å²) in [7, 11) is 1.88. The summed E-state index contributed by atoms with van der Waals surface area (Å²) in [6.45, 7) is 1.79. The minimum absolute atomic E-state index is 0.417. The predicted octanol–water partition coefficient (Wildman–Crippen LogP) is 0.244. The van der Waals surface area contributed by atoms with Crippen LogP contribution in [0.4, 0.5) is 4.39 Å². The van der Waals surface area contributed by atoms with Crippen molar-refractivity contribution < 1.29 is 9.13 Å². The van der Waals surface area contributed by atoms with Crippen LogP contribution in [0.2, 0.25) is 0 Å². The van der Waals surface area contributed by atoms with E-state index in [4.69, 9.17) is 0 Å². The maximum absolute atomic E-state index is 12.2. The number of likely N-dealkylation sites (N-methyl/N-ethyl adjacent to an activating group) is 1. The summed E-state index contributed by atoms with van der Waals surface area (Å²) in [6, 6.07) is 0. The van der Waals surface area contributed by atoms with Gasteiger partial charge in [-0.3, -0.25) is 4.90 Å². The Bertz CT molecular complexity index is 70.8. The quantitative estimate of drug-likeness (QED) is 0.453. The van der Waals surface area contributed by atoms with Gasteiger partial charge in [-0.2, -0.15) is 0 Å². The SMILES string of the molecule is CN1CCO[C@@H](F)C1. The molecule has 0 aromatic carbocycles. The Kier molecular flexibility index (Phi) is 1.81. The third-order valence-electron chi connectivity index (χ3n) is 1.23. The first-order chi connectivity index (χ1) is 3.79. The lowest BCUT2D eigenvalue weighted by atomic mass is 10.4. The molecule has 1 fully saturated rings. The van der Waals surface area contributed by atoms with Gasteiger partial charge in [0.25, 0.3) is 0 Å². The van der Waals surface area contributed by atoms with Gasteiger partial charge in [0, 0.05) is 6.54 Å². The van der Waals surface area contributed by atoms with E-state index in [0.29, 0.717) is 13.2 Å². The molecule has 1 rings (SSSR count). The van der Waals surface area contributed by atoms with Crippen LogP contribution in [0.25, 0.3) is 0 Å². The molecule has 3 heteroatoms. The normalized spacial score (nSPS) is 33.0. The fourth-order valence-electron chi connectivity index (χ4n) is 0.725. The van der Waals surface area contributed by atoms with Gasteiger partial charge in [0.2, 0.25) is 6.36 Å². The summed E-state index contributed by atoms with van der Waals surface area (Å²) in [5, 5.41) is 0. The Hall–Kier alpha value is -0.150. The lowest BCUT2D eigenvalue weighted by molar-refractivity contribution is -0.0918. The molecule has 0 spiro atoms. The standard InChI is InChI=1S/C5H10FNO/c1-7-2-3-8-5(6)4-7/h5H,2-4H2,1H3/t5-/m1/s1. The largest absolute Gasteiger partial charge is 0.346 e. The molecule has 1 aliphatic heterocycles. The summed E-state index contributed by atoms with van der Waals surface area (Å²) in [4.78, 5) is 1.91. The van der Waals surface area contributed by atoms with E-state index >= 15 is 0 Å². The van der Waals surface area contributed by atoms with Crippen LogP contribution >= 0.6 is 0 Å². The summed E-state index contributed by atoms with van der Waals surface area (Å²) >= 11 is 0. The average molecular weight is 119 g/mol. The topological polar surface area (TPSA) is 12.5 Å². The summed E-state index contributed by atoms with van der Waals surface area (Å²) in [5.41, 5.74) is 0. The minimum Gasteiger partial charge on any atom is -0.346 e. The number of nitrogens with zero attached hydrogens (tertiary/aromatic N) is 1. The Balaban J connectivity index is 2.23. The molecule has 0 unspecified atom stereocenters. The highest BCUT2D eigenvalue weighted by Gasteiger charge is 2.14. The molecule has 0 radical (unpaired) electrons. The number of morpholine rings is 1. The Morgan fingerprint density at radius 3 is 2.88 bits per heavy atom. The van der Waals surface area contributed by atoms with Crippen molar-refractivity contribution in [3.05, 3.63) is 0 Å². The third kappa shape index (κ3) is 1.42. The summed E-state index contributed by atoms with van der Waals surface area (Å²) in [5.74, 6) is 0. The smallest absolute Gasteiger partial charge is 0.211 e. The van der Waals surface area contributed by atoms with Gasteiger partial charge in [0.1, 0.15) is 0 Å². The molecule has 0 saturated carbocycles. The first kappa shape index (κ1) is 5.98. The van der Waals surface area contributed by atoms with Gasteiger partial charge in [-0.25, -0.2) is 4.39 Å². The second-order valence-corrected chi connectivity index (χ2v) is 2.04. The van der Waals surface area contributed by atoms with E-state index in [-0.39, 0.29) is 0 Å². The maximum Gasteiger partial charge on any atom is 0.211 e. The molecule has 48 valence electrons. The number of ether oxygens (including phenoxy) is 1. The Morgan fingerprint density at radius 2 is 2.50 bits per heavy atom. The number of hydrogen-bond donors (Lipinski definition) is 0. The van der Waals surface area contributed by atoms with Crippen LogP contribution < -0.4 is 0 Å². The predicted molar refractivity (Wildman–Crippen MR) is 28.3 cm³/mol.